The number of rotatable bonds is 6. The number of aromatic nitrogens is 1. The maximum Gasteiger partial charge on any atom is 0.417 e. The molecule has 0 unspecified atom stereocenters. The van der Waals surface area contributed by atoms with Gasteiger partial charge in [-0.1, -0.05) is 30.3 Å². The summed E-state index contributed by atoms with van der Waals surface area (Å²) in [5.41, 5.74) is -1.40. The van der Waals surface area contributed by atoms with Crippen molar-refractivity contribution in [1.29, 1.82) is 0 Å². The Kier molecular flexibility index (Phi) is 5.98. The van der Waals surface area contributed by atoms with Gasteiger partial charge in [-0.2, -0.15) is 13.2 Å². The van der Waals surface area contributed by atoms with Gasteiger partial charge in [0.25, 0.3) is 5.56 Å². The molecule has 0 spiro atoms. The van der Waals surface area contributed by atoms with E-state index in [1.807, 2.05) is 0 Å². The number of fused-ring (bicyclic) bond motifs is 1. The van der Waals surface area contributed by atoms with Crippen LogP contribution in [0.2, 0.25) is 0 Å². The second kappa shape index (κ2) is 8.14. The molecule has 3 aromatic rings. The fraction of sp³-hybridized carbons (Fsp3) is 0.250. The lowest BCUT2D eigenvalue weighted by Gasteiger charge is -2.18. The van der Waals surface area contributed by atoms with Crippen LogP contribution in [-0.4, -0.2) is 18.2 Å². The second-order valence-electron chi connectivity index (χ2n) is 6.17. The summed E-state index contributed by atoms with van der Waals surface area (Å²) in [5, 5.41) is 0.0403. The highest BCUT2D eigenvalue weighted by molar-refractivity contribution is 7.62. The first-order chi connectivity index (χ1) is 13.7. The van der Waals surface area contributed by atoms with E-state index in [1.54, 1.807) is 44.2 Å². The van der Waals surface area contributed by atoms with Crippen molar-refractivity contribution in [2.75, 3.05) is 13.2 Å². The lowest BCUT2D eigenvalue weighted by molar-refractivity contribution is -0.137. The molecule has 0 aliphatic carbocycles. The molecule has 2 aromatic carbocycles. The van der Waals surface area contributed by atoms with Crippen molar-refractivity contribution >= 4 is 23.8 Å². The van der Waals surface area contributed by atoms with Crippen molar-refractivity contribution in [2.24, 2.45) is 0 Å². The molecule has 1 heterocycles. The van der Waals surface area contributed by atoms with Crippen LogP contribution in [0.4, 0.5) is 13.2 Å². The molecule has 0 aliphatic rings. The SMILES string of the molecule is CCOP(=O)(OCC)c1cc2cc(-c3ccccc3)c(C(F)(F)F)cc2[nH]c1=O. The lowest BCUT2D eigenvalue weighted by Crippen LogP contribution is -2.29. The Bertz CT molecular complexity index is 1120. The first kappa shape index (κ1) is 21.3. The van der Waals surface area contributed by atoms with Gasteiger partial charge in [0.1, 0.15) is 5.30 Å². The molecule has 0 amide bonds. The monoisotopic (exact) mass is 425 g/mol. The smallest absolute Gasteiger partial charge is 0.321 e. The molecule has 0 atom stereocenters. The fourth-order valence-corrected chi connectivity index (χ4v) is 4.69. The number of H-pyrrole nitrogens is 1. The van der Waals surface area contributed by atoms with E-state index < -0.39 is 24.9 Å². The number of halogens is 3. The molecule has 1 aromatic heterocycles. The summed E-state index contributed by atoms with van der Waals surface area (Å²) in [5.74, 6) is 0. The zero-order valence-electron chi connectivity index (χ0n) is 15.7. The predicted molar refractivity (Wildman–Crippen MR) is 105 cm³/mol. The average molecular weight is 425 g/mol. The van der Waals surface area contributed by atoms with Gasteiger partial charge in [0, 0.05) is 5.52 Å². The van der Waals surface area contributed by atoms with Crippen LogP contribution < -0.4 is 10.9 Å². The normalized spacial score (nSPS) is 12.4. The van der Waals surface area contributed by atoms with Crippen molar-refractivity contribution in [1.82, 2.24) is 4.98 Å². The number of alkyl halides is 3. The third kappa shape index (κ3) is 4.29. The second-order valence-corrected chi connectivity index (χ2v) is 8.16. The topological polar surface area (TPSA) is 68.4 Å². The first-order valence-electron chi connectivity index (χ1n) is 8.93. The van der Waals surface area contributed by atoms with E-state index >= 15 is 0 Å². The van der Waals surface area contributed by atoms with Gasteiger partial charge in [-0.05, 0) is 48.6 Å². The molecule has 154 valence electrons. The summed E-state index contributed by atoms with van der Waals surface area (Å²) in [6.45, 7) is 3.28. The molecular formula is C20H19F3NO4P. The molecule has 0 bridgehead atoms. The first-order valence-corrected chi connectivity index (χ1v) is 10.5. The van der Waals surface area contributed by atoms with Crippen molar-refractivity contribution in [3.63, 3.8) is 0 Å². The molecule has 0 saturated carbocycles. The Labute approximate surface area is 165 Å². The predicted octanol–water partition coefficient (Wildman–Crippen LogP) is 5.11. The third-order valence-corrected chi connectivity index (χ3v) is 6.36. The van der Waals surface area contributed by atoms with E-state index in [9.17, 15) is 22.5 Å². The highest BCUT2D eigenvalue weighted by Gasteiger charge is 2.35. The van der Waals surface area contributed by atoms with E-state index in [1.165, 1.54) is 12.1 Å². The Hall–Kier alpha value is -2.41. The molecule has 0 saturated heterocycles. The minimum absolute atomic E-state index is 0.0229. The van der Waals surface area contributed by atoms with Crippen molar-refractivity contribution < 1.29 is 26.8 Å². The van der Waals surface area contributed by atoms with Crippen LogP contribution in [0.1, 0.15) is 19.4 Å². The van der Waals surface area contributed by atoms with Crippen molar-refractivity contribution in [3.05, 3.63) is 64.4 Å². The largest absolute Gasteiger partial charge is 0.417 e. The van der Waals surface area contributed by atoms with Gasteiger partial charge >= 0.3 is 13.8 Å². The van der Waals surface area contributed by atoms with E-state index in [-0.39, 0.29) is 35.0 Å². The standard InChI is InChI=1S/C20H19F3NO4P/c1-3-27-29(26,28-4-2)18-11-14-10-15(13-8-6-5-7-9-13)16(20(21,22)23)12-17(14)24-19(18)25/h5-12H,3-4H2,1-2H3,(H,24,25). The van der Waals surface area contributed by atoms with Crippen LogP contribution in [0, 0.1) is 0 Å². The van der Waals surface area contributed by atoms with E-state index in [2.05, 4.69) is 4.98 Å². The molecule has 1 N–H and O–H groups in total. The zero-order valence-corrected chi connectivity index (χ0v) is 16.6. The van der Waals surface area contributed by atoms with E-state index in [4.69, 9.17) is 9.05 Å². The van der Waals surface area contributed by atoms with Gasteiger partial charge in [-0.25, -0.2) is 0 Å². The Morgan fingerprint density at radius 1 is 1.00 bits per heavy atom. The van der Waals surface area contributed by atoms with Crippen LogP contribution in [-0.2, 0) is 19.8 Å². The highest BCUT2D eigenvalue weighted by atomic mass is 31.2. The maximum absolute atomic E-state index is 13.7. The summed E-state index contributed by atoms with van der Waals surface area (Å²) in [4.78, 5) is 14.9. The Morgan fingerprint density at radius 3 is 2.17 bits per heavy atom. The Balaban J connectivity index is 2.31. The molecule has 0 fully saturated rings. The van der Waals surface area contributed by atoms with Crippen LogP contribution in [0.3, 0.4) is 0 Å². The van der Waals surface area contributed by atoms with Gasteiger partial charge in [0.05, 0.1) is 18.8 Å². The number of benzene rings is 2. The third-order valence-electron chi connectivity index (χ3n) is 4.25. The number of hydrogen-bond acceptors (Lipinski definition) is 4. The van der Waals surface area contributed by atoms with Crippen LogP contribution in [0.25, 0.3) is 22.0 Å². The summed E-state index contributed by atoms with van der Waals surface area (Å²) >= 11 is 0. The van der Waals surface area contributed by atoms with Crippen LogP contribution >= 0.6 is 7.60 Å². The van der Waals surface area contributed by atoms with Crippen LogP contribution in [0.15, 0.2) is 53.3 Å². The number of pyridine rings is 1. The molecule has 0 aliphatic heterocycles. The van der Waals surface area contributed by atoms with Crippen molar-refractivity contribution in [3.8, 4) is 11.1 Å². The van der Waals surface area contributed by atoms with Crippen LogP contribution in [0.5, 0.6) is 0 Å². The average Bonchev–Trinajstić information content (AvgIpc) is 2.67. The summed E-state index contributed by atoms with van der Waals surface area (Å²) in [7, 11) is -3.91. The van der Waals surface area contributed by atoms with Gasteiger partial charge in [-0.3, -0.25) is 9.36 Å². The summed E-state index contributed by atoms with van der Waals surface area (Å²) in [6, 6.07) is 11.6. The molecule has 3 rings (SSSR count). The molecule has 5 nitrogen and oxygen atoms in total. The van der Waals surface area contributed by atoms with Gasteiger partial charge in [0.2, 0.25) is 0 Å². The number of nitrogens with one attached hydrogen (secondary N) is 1. The summed E-state index contributed by atoms with van der Waals surface area (Å²) < 4.78 is 64.4. The maximum atomic E-state index is 13.7. The van der Waals surface area contributed by atoms with Gasteiger partial charge in [0.15, 0.2) is 0 Å². The minimum atomic E-state index is -4.62. The van der Waals surface area contributed by atoms with Crippen molar-refractivity contribution in [2.45, 2.75) is 20.0 Å². The highest BCUT2D eigenvalue weighted by Crippen LogP contribution is 2.46. The fourth-order valence-electron chi connectivity index (χ4n) is 3.05. The molecular weight excluding hydrogens is 406 g/mol. The zero-order chi connectivity index (χ0) is 21.2. The number of hydrogen-bond donors (Lipinski definition) is 1. The molecule has 0 radical (unpaired) electrons. The molecule has 29 heavy (non-hydrogen) atoms. The van der Waals surface area contributed by atoms with Gasteiger partial charge in [-0.15, -0.1) is 0 Å². The quantitative estimate of drug-likeness (QED) is 0.558. The lowest BCUT2D eigenvalue weighted by atomic mass is 9.97. The molecule has 9 heteroatoms. The minimum Gasteiger partial charge on any atom is -0.321 e. The van der Waals surface area contributed by atoms with E-state index in [0.717, 1.165) is 6.07 Å². The Morgan fingerprint density at radius 2 is 1.62 bits per heavy atom. The number of aromatic amines is 1. The van der Waals surface area contributed by atoms with Gasteiger partial charge < -0.3 is 14.0 Å². The van der Waals surface area contributed by atoms with E-state index in [0.29, 0.717) is 5.56 Å². The summed E-state index contributed by atoms with van der Waals surface area (Å²) in [6.07, 6.45) is -4.62.